The Labute approximate surface area is 104 Å². The lowest BCUT2D eigenvalue weighted by molar-refractivity contribution is 0.288. The lowest BCUT2D eigenvalue weighted by atomic mass is 10.1. The summed E-state index contributed by atoms with van der Waals surface area (Å²) in [6.07, 6.45) is 3.59. The van der Waals surface area contributed by atoms with Gasteiger partial charge in [0, 0.05) is 6.04 Å². The highest BCUT2D eigenvalue weighted by Gasteiger charge is 2.28. The quantitative estimate of drug-likeness (QED) is 0.848. The highest BCUT2D eigenvalue weighted by molar-refractivity contribution is 5.44. The first-order valence-corrected chi connectivity index (χ1v) is 6.54. The van der Waals surface area contributed by atoms with Crippen molar-refractivity contribution in [2.75, 3.05) is 6.61 Å². The van der Waals surface area contributed by atoms with E-state index in [2.05, 4.69) is 32.9 Å². The van der Waals surface area contributed by atoms with Crippen LogP contribution in [0.25, 0.3) is 0 Å². The van der Waals surface area contributed by atoms with Crippen molar-refractivity contribution in [1.29, 1.82) is 0 Å². The molecule has 0 aromatic heterocycles. The first-order valence-electron chi connectivity index (χ1n) is 6.54. The predicted molar refractivity (Wildman–Crippen MR) is 71.5 cm³/mol. The van der Waals surface area contributed by atoms with Gasteiger partial charge >= 0.3 is 0 Å². The van der Waals surface area contributed by atoms with Crippen molar-refractivity contribution < 1.29 is 4.74 Å². The van der Waals surface area contributed by atoms with Gasteiger partial charge in [-0.3, -0.25) is 0 Å². The number of rotatable bonds is 5. The maximum absolute atomic E-state index is 6.07. The highest BCUT2D eigenvalue weighted by Crippen LogP contribution is 2.33. The summed E-state index contributed by atoms with van der Waals surface area (Å²) in [6.45, 7) is 7.08. The van der Waals surface area contributed by atoms with Crippen LogP contribution in [-0.2, 0) is 0 Å². The normalized spacial score (nSPS) is 16.9. The van der Waals surface area contributed by atoms with Gasteiger partial charge in [-0.05, 0) is 62.6 Å². The summed E-state index contributed by atoms with van der Waals surface area (Å²) in [7, 11) is 0. The van der Waals surface area contributed by atoms with Gasteiger partial charge in [-0.25, -0.2) is 0 Å². The fraction of sp³-hybridized carbons (Fsp3) is 0.600. The summed E-state index contributed by atoms with van der Waals surface area (Å²) in [5, 5.41) is 0. The van der Waals surface area contributed by atoms with Crippen molar-refractivity contribution in [1.82, 2.24) is 0 Å². The molecule has 2 heteroatoms. The predicted octanol–water partition coefficient (Wildman–Crippen LogP) is 3.12. The van der Waals surface area contributed by atoms with Crippen LogP contribution in [0, 0.1) is 26.7 Å². The third-order valence-electron chi connectivity index (χ3n) is 3.80. The lowest BCUT2D eigenvalue weighted by Crippen LogP contribution is -2.25. The molecule has 0 bridgehead atoms. The summed E-state index contributed by atoms with van der Waals surface area (Å²) in [5.74, 6) is 1.81. The Morgan fingerprint density at radius 1 is 1.24 bits per heavy atom. The topological polar surface area (TPSA) is 35.2 Å². The molecule has 1 saturated carbocycles. The minimum absolute atomic E-state index is 0.334. The Morgan fingerprint density at radius 2 is 1.88 bits per heavy atom. The average Bonchev–Trinajstić information content (AvgIpc) is 3.12. The van der Waals surface area contributed by atoms with Crippen molar-refractivity contribution in [3.63, 3.8) is 0 Å². The molecule has 1 aliphatic carbocycles. The third-order valence-corrected chi connectivity index (χ3v) is 3.80. The van der Waals surface area contributed by atoms with Gasteiger partial charge in [-0.1, -0.05) is 12.1 Å². The van der Waals surface area contributed by atoms with E-state index in [0.29, 0.717) is 6.04 Å². The molecule has 1 unspecified atom stereocenters. The van der Waals surface area contributed by atoms with Gasteiger partial charge in [0.05, 0.1) is 6.61 Å². The van der Waals surface area contributed by atoms with Crippen LogP contribution in [0.5, 0.6) is 5.75 Å². The van der Waals surface area contributed by atoms with Crippen LogP contribution in [0.2, 0.25) is 0 Å². The van der Waals surface area contributed by atoms with Crippen LogP contribution < -0.4 is 10.5 Å². The largest absolute Gasteiger partial charge is 0.493 e. The fourth-order valence-corrected chi connectivity index (χ4v) is 2.20. The molecule has 17 heavy (non-hydrogen) atoms. The summed E-state index contributed by atoms with van der Waals surface area (Å²) >= 11 is 0. The lowest BCUT2D eigenvalue weighted by Gasteiger charge is -2.16. The maximum Gasteiger partial charge on any atom is 0.125 e. The number of benzene rings is 1. The molecule has 1 aromatic carbocycles. The van der Waals surface area contributed by atoms with Crippen LogP contribution in [0.3, 0.4) is 0 Å². The summed E-state index contributed by atoms with van der Waals surface area (Å²) in [6, 6.07) is 4.60. The molecule has 2 rings (SSSR count). The molecule has 0 aliphatic heterocycles. The zero-order chi connectivity index (χ0) is 12.4. The van der Waals surface area contributed by atoms with Crippen LogP contribution in [0.1, 0.15) is 36.0 Å². The minimum atomic E-state index is 0.334. The maximum atomic E-state index is 6.07. The molecular weight excluding hydrogens is 210 g/mol. The Hall–Kier alpha value is -1.02. The minimum Gasteiger partial charge on any atom is -0.493 e. The van der Waals surface area contributed by atoms with Gasteiger partial charge in [-0.15, -0.1) is 0 Å². The van der Waals surface area contributed by atoms with Gasteiger partial charge < -0.3 is 10.5 Å². The van der Waals surface area contributed by atoms with Gasteiger partial charge in [0.15, 0.2) is 0 Å². The molecule has 0 spiro atoms. The zero-order valence-corrected chi connectivity index (χ0v) is 11.1. The van der Waals surface area contributed by atoms with Crippen molar-refractivity contribution in [3.8, 4) is 5.75 Å². The van der Waals surface area contributed by atoms with Crippen molar-refractivity contribution in [2.45, 2.75) is 46.1 Å². The molecule has 0 radical (unpaired) electrons. The van der Waals surface area contributed by atoms with Crippen LogP contribution in [-0.4, -0.2) is 12.6 Å². The molecule has 2 N–H and O–H groups in total. The summed E-state index contributed by atoms with van der Waals surface area (Å²) in [4.78, 5) is 0. The monoisotopic (exact) mass is 233 g/mol. The number of aryl methyl sites for hydroxylation is 2. The number of nitrogens with two attached hydrogens (primary N) is 1. The Kier molecular flexibility index (Phi) is 3.72. The van der Waals surface area contributed by atoms with E-state index in [1.807, 2.05) is 0 Å². The van der Waals surface area contributed by atoms with E-state index < -0.39 is 0 Å². The van der Waals surface area contributed by atoms with E-state index in [1.54, 1.807) is 0 Å². The van der Waals surface area contributed by atoms with Crippen molar-refractivity contribution in [2.24, 2.45) is 11.7 Å². The van der Waals surface area contributed by atoms with Gasteiger partial charge in [0.2, 0.25) is 0 Å². The van der Waals surface area contributed by atoms with Gasteiger partial charge in [0.25, 0.3) is 0 Å². The van der Waals surface area contributed by atoms with E-state index in [-0.39, 0.29) is 0 Å². The second kappa shape index (κ2) is 5.09. The molecule has 0 amide bonds. The number of ether oxygens (including phenoxy) is 1. The third kappa shape index (κ3) is 3.01. The standard InChI is InChI=1S/C15H23NO/c1-10-4-5-11(2)15(12(10)3)17-9-8-14(16)13-6-7-13/h4-5,13-14H,6-9,16H2,1-3H3. The second-order valence-electron chi connectivity index (χ2n) is 5.29. The second-order valence-corrected chi connectivity index (χ2v) is 5.29. The Bertz CT molecular complexity index is 396. The molecule has 1 aromatic rings. The first-order chi connectivity index (χ1) is 8.09. The molecule has 1 atom stereocenters. The molecule has 1 aliphatic rings. The molecule has 0 heterocycles. The van der Waals surface area contributed by atoms with Crippen molar-refractivity contribution >= 4 is 0 Å². The summed E-state index contributed by atoms with van der Waals surface area (Å²) in [5.41, 5.74) is 9.83. The van der Waals surface area contributed by atoms with Crippen LogP contribution in [0.4, 0.5) is 0 Å². The van der Waals surface area contributed by atoms with Crippen LogP contribution >= 0.6 is 0 Å². The Morgan fingerprint density at radius 3 is 2.53 bits per heavy atom. The van der Waals surface area contributed by atoms with E-state index in [4.69, 9.17) is 10.5 Å². The molecule has 2 nitrogen and oxygen atoms in total. The van der Waals surface area contributed by atoms with E-state index in [0.717, 1.165) is 24.7 Å². The first kappa shape index (κ1) is 12.4. The molecular formula is C15H23NO. The van der Waals surface area contributed by atoms with Crippen LogP contribution in [0.15, 0.2) is 12.1 Å². The number of hydrogen-bond donors (Lipinski definition) is 1. The highest BCUT2D eigenvalue weighted by atomic mass is 16.5. The SMILES string of the molecule is Cc1ccc(C)c(OCCC(N)C2CC2)c1C. The van der Waals surface area contributed by atoms with E-state index >= 15 is 0 Å². The molecule has 1 fully saturated rings. The average molecular weight is 233 g/mol. The van der Waals surface area contributed by atoms with Gasteiger partial charge in [0.1, 0.15) is 5.75 Å². The summed E-state index contributed by atoms with van der Waals surface area (Å²) < 4.78 is 5.92. The molecule has 94 valence electrons. The smallest absolute Gasteiger partial charge is 0.125 e. The fourth-order valence-electron chi connectivity index (χ4n) is 2.20. The van der Waals surface area contributed by atoms with Gasteiger partial charge in [-0.2, -0.15) is 0 Å². The van der Waals surface area contributed by atoms with Crippen molar-refractivity contribution in [3.05, 3.63) is 28.8 Å². The molecule has 0 saturated heterocycles. The Balaban J connectivity index is 1.91. The van der Waals surface area contributed by atoms with E-state index in [1.165, 1.54) is 29.5 Å². The number of hydrogen-bond acceptors (Lipinski definition) is 2. The van der Waals surface area contributed by atoms with E-state index in [9.17, 15) is 0 Å². The zero-order valence-electron chi connectivity index (χ0n) is 11.1.